The second kappa shape index (κ2) is 9.93. The molecule has 3 heterocycles. The summed E-state index contributed by atoms with van der Waals surface area (Å²) < 4.78 is 6.91. The third-order valence-electron chi connectivity index (χ3n) is 5.40. The zero-order valence-corrected chi connectivity index (χ0v) is 18.5. The maximum atomic E-state index is 13.3. The van der Waals surface area contributed by atoms with Gasteiger partial charge in [0.1, 0.15) is 6.04 Å². The van der Waals surface area contributed by atoms with Gasteiger partial charge in [-0.3, -0.25) is 9.69 Å². The van der Waals surface area contributed by atoms with Crippen LogP contribution < -0.4 is 0 Å². The fourth-order valence-electron chi connectivity index (χ4n) is 3.86. The molecule has 9 heteroatoms. The summed E-state index contributed by atoms with van der Waals surface area (Å²) >= 11 is 6.02. The highest BCUT2D eigenvalue weighted by molar-refractivity contribution is 6.30. The molecule has 1 saturated heterocycles. The van der Waals surface area contributed by atoms with Gasteiger partial charge in [-0.15, -0.1) is 0 Å². The maximum Gasteiger partial charge on any atom is 0.328 e. The molecule has 1 aliphatic heterocycles. The highest BCUT2D eigenvalue weighted by atomic mass is 35.5. The Morgan fingerprint density at radius 2 is 1.81 bits per heavy atom. The van der Waals surface area contributed by atoms with E-state index in [9.17, 15) is 9.59 Å². The first-order valence-corrected chi connectivity index (χ1v) is 10.9. The summed E-state index contributed by atoms with van der Waals surface area (Å²) in [4.78, 5) is 34.2. The van der Waals surface area contributed by atoms with Crippen LogP contribution in [0.25, 0.3) is 5.82 Å². The second-order valence-corrected chi connectivity index (χ2v) is 7.80. The van der Waals surface area contributed by atoms with E-state index in [-0.39, 0.29) is 11.9 Å². The predicted octanol–water partition coefficient (Wildman–Crippen LogP) is 2.98. The van der Waals surface area contributed by atoms with Crippen LogP contribution >= 0.6 is 11.6 Å². The molecule has 3 aromatic rings. The molecule has 32 heavy (non-hydrogen) atoms. The number of esters is 1. The van der Waals surface area contributed by atoms with Gasteiger partial charge in [0.05, 0.1) is 12.2 Å². The first-order valence-electron chi connectivity index (χ1n) is 10.5. The first kappa shape index (κ1) is 22.0. The van der Waals surface area contributed by atoms with Crippen LogP contribution in [0.5, 0.6) is 0 Å². The number of pyridine rings is 1. The zero-order chi connectivity index (χ0) is 22.5. The molecule has 2 aromatic heterocycles. The van der Waals surface area contributed by atoms with Gasteiger partial charge in [0.15, 0.2) is 5.82 Å². The van der Waals surface area contributed by atoms with Gasteiger partial charge in [0.2, 0.25) is 0 Å². The van der Waals surface area contributed by atoms with Crippen molar-refractivity contribution >= 4 is 23.5 Å². The van der Waals surface area contributed by atoms with E-state index in [1.165, 1.54) is 0 Å². The van der Waals surface area contributed by atoms with Crippen molar-refractivity contribution in [3.05, 3.63) is 77.2 Å². The van der Waals surface area contributed by atoms with E-state index in [0.29, 0.717) is 49.2 Å². The van der Waals surface area contributed by atoms with Gasteiger partial charge in [0, 0.05) is 49.8 Å². The molecule has 166 valence electrons. The molecule has 1 aromatic carbocycles. The lowest BCUT2D eigenvalue weighted by Gasteiger charge is -2.38. The molecule has 4 rings (SSSR count). The van der Waals surface area contributed by atoms with Crippen LogP contribution in [0.2, 0.25) is 5.02 Å². The smallest absolute Gasteiger partial charge is 0.328 e. The molecule has 0 saturated carbocycles. The van der Waals surface area contributed by atoms with Crippen LogP contribution in [-0.2, 0) is 9.53 Å². The number of carbonyl (C=O) groups is 2. The monoisotopic (exact) mass is 453 g/mol. The van der Waals surface area contributed by atoms with Crippen molar-refractivity contribution in [1.29, 1.82) is 0 Å². The summed E-state index contributed by atoms with van der Waals surface area (Å²) in [5, 5.41) is 4.81. The molecular weight excluding hydrogens is 430 g/mol. The zero-order valence-electron chi connectivity index (χ0n) is 17.7. The normalized spacial score (nSPS) is 15.4. The van der Waals surface area contributed by atoms with Crippen LogP contribution in [0.3, 0.4) is 0 Å². The van der Waals surface area contributed by atoms with E-state index in [2.05, 4.69) is 10.1 Å². The second-order valence-electron chi connectivity index (χ2n) is 7.36. The van der Waals surface area contributed by atoms with Crippen LogP contribution in [-0.4, -0.2) is 69.2 Å². The Hall–Kier alpha value is -3.23. The molecule has 1 amide bonds. The van der Waals surface area contributed by atoms with E-state index in [1.807, 2.05) is 17.0 Å². The minimum atomic E-state index is -0.539. The topological polar surface area (TPSA) is 80.6 Å². The van der Waals surface area contributed by atoms with Crippen LogP contribution in [0, 0.1) is 0 Å². The molecule has 8 nitrogen and oxygen atoms in total. The van der Waals surface area contributed by atoms with Crippen molar-refractivity contribution < 1.29 is 14.3 Å². The molecule has 0 unspecified atom stereocenters. The lowest BCUT2D eigenvalue weighted by molar-refractivity contribution is -0.150. The molecule has 0 aliphatic carbocycles. The van der Waals surface area contributed by atoms with Crippen LogP contribution in [0.1, 0.15) is 28.9 Å². The number of halogens is 1. The predicted molar refractivity (Wildman–Crippen MR) is 120 cm³/mol. The number of rotatable bonds is 6. The molecule has 0 spiro atoms. The van der Waals surface area contributed by atoms with Crippen molar-refractivity contribution in [3.8, 4) is 5.82 Å². The maximum absolute atomic E-state index is 13.3. The number of benzene rings is 1. The standard InChI is InChI=1S/C23H24ClN5O3/c1-2-32-23(31)20(17-6-8-18(24)9-7-17)27-13-15-28(16-14-27)22(30)19-5-3-10-25-21(19)29-12-4-11-26-29/h3-12,20H,2,13-16H2,1H3/t20-/m0/s1. The Bertz CT molecular complexity index is 1060. The lowest BCUT2D eigenvalue weighted by atomic mass is 10.0. The third-order valence-corrected chi connectivity index (χ3v) is 5.65. The Labute approximate surface area is 191 Å². The quantitative estimate of drug-likeness (QED) is 0.534. The minimum absolute atomic E-state index is 0.109. The molecule has 0 bridgehead atoms. The largest absolute Gasteiger partial charge is 0.465 e. The number of hydrogen-bond acceptors (Lipinski definition) is 6. The average Bonchev–Trinajstić information content (AvgIpc) is 3.36. The van der Waals surface area contributed by atoms with E-state index >= 15 is 0 Å². The minimum Gasteiger partial charge on any atom is -0.465 e. The van der Waals surface area contributed by atoms with Gasteiger partial charge in [-0.1, -0.05) is 23.7 Å². The molecule has 1 aliphatic rings. The van der Waals surface area contributed by atoms with E-state index in [1.54, 1.807) is 65.4 Å². The summed E-state index contributed by atoms with van der Waals surface area (Å²) in [7, 11) is 0. The van der Waals surface area contributed by atoms with Crippen molar-refractivity contribution in [2.75, 3.05) is 32.8 Å². The fourth-order valence-corrected chi connectivity index (χ4v) is 3.98. The van der Waals surface area contributed by atoms with Gasteiger partial charge in [-0.25, -0.2) is 14.5 Å². The number of piperazine rings is 1. The van der Waals surface area contributed by atoms with Crippen molar-refractivity contribution in [2.45, 2.75) is 13.0 Å². The highest BCUT2D eigenvalue weighted by Gasteiger charge is 2.33. The summed E-state index contributed by atoms with van der Waals surface area (Å²) in [5.74, 6) is 0.0840. The third kappa shape index (κ3) is 4.66. The molecule has 0 N–H and O–H groups in total. The first-order chi connectivity index (χ1) is 15.6. The number of aromatic nitrogens is 3. The summed E-state index contributed by atoms with van der Waals surface area (Å²) in [6.45, 7) is 4.13. The number of nitrogens with zero attached hydrogens (tertiary/aromatic N) is 5. The Morgan fingerprint density at radius 1 is 1.06 bits per heavy atom. The van der Waals surface area contributed by atoms with E-state index in [4.69, 9.17) is 16.3 Å². The summed E-state index contributed by atoms with van der Waals surface area (Å²) in [6, 6.07) is 12.0. The molecular formula is C23H24ClN5O3. The molecule has 0 radical (unpaired) electrons. The Kier molecular flexibility index (Phi) is 6.82. The van der Waals surface area contributed by atoms with Crippen molar-refractivity contribution in [2.24, 2.45) is 0 Å². The number of carbonyl (C=O) groups excluding carboxylic acids is 2. The van der Waals surface area contributed by atoms with Gasteiger partial charge in [-0.2, -0.15) is 5.10 Å². The van der Waals surface area contributed by atoms with Gasteiger partial charge < -0.3 is 9.64 Å². The summed E-state index contributed by atoms with van der Waals surface area (Å²) in [5.41, 5.74) is 1.31. The fraction of sp³-hybridized carbons (Fsp3) is 0.304. The van der Waals surface area contributed by atoms with Crippen molar-refractivity contribution in [3.63, 3.8) is 0 Å². The van der Waals surface area contributed by atoms with Gasteiger partial charge in [0.25, 0.3) is 5.91 Å². The van der Waals surface area contributed by atoms with E-state index in [0.717, 1.165) is 5.56 Å². The number of hydrogen-bond donors (Lipinski definition) is 0. The molecule has 1 atom stereocenters. The van der Waals surface area contributed by atoms with E-state index < -0.39 is 6.04 Å². The highest BCUT2D eigenvalue weighted by Crippen LogP contribution is 2.26. The number of amides is 1. The Morgan fingerprint density at radius 3 is 2.47 bits per heavy atom. The van der Waals surface area contributed by atoms with Gasteiger partial charge >= 0.3 is 5.97 Å². The van der Waals surface area contributed by atoms with Crippen molar-refractivity contribution in [1.82, 2.24) is 24.6 Å². The SMILES string of the molecule is CCOC(=O)[C@H](c1ccc(Cl)cc1)N1CCN(C(=O)c2cccnc2-n2cccn2)CC1. The average molecular weight is 454 g/mol. The number of ether oxygens (including phenoxy) is 1. The molecule has 1 fully saturated rings. The lowest BCUT2D eigenvalue weighted by Crippen LogP contribution is -2.51. The van der Waals surface area contributed by atoms with Crippen LogP contribution in [0.15, 0.2) is 61.1 Å². The van der Waals surface area contributed by atoms with Crippen LogP contribution in [0.4, 0.5) is 0 Å². The Balaban J connectivity index is 1.50. The summed E-state index contributed by atoms with van der Waals surface area (Å²) in [6.07, 6.45) is 5.04. The van der Waals surface area contributed by atoms with Gasteiger partial charge in [-0.05, 0) is 42.8 Å².